The standard InChI is InChI=1S/C10H7Cl2NO2/c11-10(12,9(14)15)8(6-13)7-4-2-1-3-5-7/h1-5,8H,(H,14,15). The summed E-state index contributed by atoms with van der Waals surface area (Å²) in [6.07, 6.45) is 0. The Bertz CT molecular complexity index is 398. The lowest BCUT2D eigenvalue weighted by atomic mass is 9.96. The largest absolute Gasteiger partial charge is 0.479 e. The molecule has 1 aromatic carbocycles. The highest BCUT2D eigenvalue weighted by Gasteiger charge is 2.43. The van der Waals surface area contributed by atoms with E-state index < -0.39 is 16.2 Å². The maximum absolute atomic E-state index is 10.8. The zero-order valence-corrected chi connectivity index (χ0v) is 9.03. The summed E-state index contributed by atoms with van der Waals surface area (Å²) in [4.78, 5) is 10.8. The van der Waals surface area contributed by atoms with E-state index in [0.717, 1.165) is 0 Å². The summed E-state index contributed by atoms with van der Waals surface area (Å²) < 4.78 is -2.13. The van der Waals surface area contributed by atoms with Crippen molar-refractivity contribution in [3.63, 3.8) is 0 Å². The maximum atomic E-state index is 10.8. The number of nitrogens with zero attached hydrogens (tertiary/aromatic N) is 1. The number of aliphatic carboxylic acids is 1. The summed E-state index contributed by atoms with van der Waals surface area (Å²) in [5.74, 6) is -2.53. The van der Waals surface area contributed by atoms with E-state index in [1.807, 2.05) is 0 Å². The molecule has 5 heteroatoms. The van der Waals surface area contributed by atoms with Gasteiger partial charge in [-0.25, -0.2) is 4.79 Å². The highest BCUT2D eigenvalue weighted by Crippen LogP contribution is 2.37. The van der Waals surface area contributed by atoms with E-state index in [4.69, 9.17) is 33.6 Å². The minimum absolute atomic E-state index is 0.479. The van der Waals surface area contributed by atoms with Crippen molar-refractivity contribution in [3.8, 4) is 6.07 Å². The molecule has 0 saturated carbocycles. The highest BCUT2D eigenvalue weighted by atomic mass is 35.5. The Hall–Kier alpha value is -1.24. The fourth-order valence-electron chi connectivity index (χ4n) is 1.13. The number of hydrogen-bond acceptors (Lipinski definition) is 2. The summed E-state index contributed by atoms with van der Waals surface area (Å²) in [6, 6.07) is 10.1. The summed E-state index contributed by atoms with van der Waals surface area (Å²) in [6.45, 7) is 0. The van der Waals surface area contributed by atoms with Crippen LogP contribution in [0.1, 0.15) is 11.5 Å². The Kier molecular flexibility index (Phi) is 3.57. The number of halogens is 2. The average Bonchev–Trinajstić information content (AvgIpc) is 2.19. The van der Waals surface area contributed by atoms with E-state index in [9.17, 15) is 4.79 Å². The van der Waals surface area contributed by atoms with Gasteiger partial charge in [-0.1, -0.05) is 53.5 Å². The summed E-state index contributed by atoms with van der Waals surface area (Å²) in [5, 5.41) is 17.7. The number of carboxylic acids is 1. The fraction of sp³-hybridized carbons (Fsp3) is 0.200. The number of carboxylic acid groups (broad SMARTS) is 1. The van der Waals surface area contributed by atoms with Crippen LogP contribution in [0, 0.1) is 11.3 Å². The Morgan fingerprint density at radius 1 is 1.40 bits per heavy atom. The fourth-order valence-corrected chi connectivity index (χ4v) is 1.48. The lowest BCUT2D eigenvalue weighted by Crippen LogP contribution is -2.32. The molecule has 1 unspecified atom stereocenters. The van der Waals surface area contributed by atoms with Gasteiger partial charge in [0.1, 0.15) is 5.92 Å². The highest BCUT2D eigenvalue weighted by molar-refractivity contribution is 6.58. The molecule has 0 aromatic heterocycles. The van der Waals surface area contributed by atoms with Gasteiger partial charge < -0.3 is 5.11 Å². The van der Waals surface area contributed by atoms with Crippen LogP contribution < -0.4 is 0 Å². The van der Waals surface area contributed by atoms with Gasteiger partial charge in [-0.3, -0.25) is 0 Å². The number of alkyl halides is 2. The Labute approximate surface area is 96.8 Å². The van der Waals surface area contributed by atoms with E-state index in [1.54, 1.807) is 36.4 Å². The van der Waals surface area contributed by atoms with E-state index in [-0.39, 0.29) is 0 Å². The molecular weight excluding hydrogens is 237 g/mol. The van der Waals surface area contributed by atoms with Crippen molar-refractivity contribution in [3.05, 3.63) is 35.9 Å². The second kappa shape index (κ2) is 4.52. The van der Waals surface area contributed by atoms with Gasteiger partial charge in [0.05, 0.1) is 6.07 Å². The zero-order valence-electron chi connectivity index (χ0n) is 7.52. The molecule has 0 aliphatic heterocycles. The Morgan fingerprint density at radius 3 is 2.33 bits per heavy atom. The molecular formula is C10H7Cl2NO2. The quantitative estimate of drug-likeness (QED) is 0.831. The van der Waals surface area contributed by atoms with Gasteiger partial charge in [0.2, 0.25) is 4.33 Å². The van der Waals surface area contributed by atoms with Crippen molar-refractivity contribution >= 4 is 29.2 Å². The first-order valence-corrected chi connectivity index (χ1v) is 4.81. The van der Waals surface area contributed by atoms with Crippen molar-refractivity contribution in [2.45, 2.75) is 10.3 Å². The van der Waals surface area contributed by atoms with Crippen LogP contribution >= 0.6 is 23.2 Å². The monoisotopic (exact) mass is 243 g/mol. The van der Waals surface area contributed by atoms with E-state index in [1.165, 1.54) is 0 Å². The van der Waals surface area contributed by atoms with E-state index >= 15 is 0 Å². The minimum Gasteiger partial charge on any atom is -0.479 e. The summed E-state index contributed by atoms with van der Waals surface area (Å²) >= 11 is 11.2. The second-order valence-corrected chi connectivity index (χ2v) is 4.29. The van der Waals surface area contributed by atoms with Crippen molar-refractivity contribution in [1.82, 2.24) is 0 Å². The third-order valence-electron chi connectivity index (χ3n) is 1.91. The van der Waals surface area contributed by atoms with Gasteiger partial charge in [0.25, 0.3) is 0 Å². The van der Waals surface area contributed by atoms with Crippen LogP contribution in [-0.2, 0) is 4.79 Å². The van der Waals surface area contributed by atoms with Crippen molar-refractivity contribution < 1.29 is 9.90 Å². The van der Waals surface area contributed by atoms with Crippen LogP contribution in [-0.4, -0.2) is 15.4 Å². The third-order valence-corrected chi connectivity index (χ3v) is 2.67. The average molecular weight is 244 g/mol. The summed E-state index contributed by atoms with van der Waals surface area (Å²) in [7, 11) is 0. The maximum Gasteiger partial charge on any atom is 0.341 e. The molecule has 3 nitrogen and oxygen atoms in total. The minimum atomic E-state index is -2.13. The van der Waals surface area contributed by atoms with Crippen LogP contribution in [0.4, 0.5) is 0 Å². The number of hydrogen-bond donors (Lipinski definition) is 1. The molecule has 15 heavy (non-hydrogen) atoms. The predicted molar refractivity (Wildman–Crippen MR) is 56.9 cm³/mol. The van der Waals surface area contributed by atoms with Crippen LogP contribution in [0.3, 0.4) is 0 Å². The molecule has 1 aromatic rings. The lowest BCUT2D eigenvalue weighted by molar-refractivity contribution is -0.138. The van der Waals surface area contributed by atoms with Crippen molar-refractivity contribution in [2.24, 2.45) is 0 Å². The van der Waals surface area contributed by atoms with Crippen LogP contribution in [0.25, 0.3) is 0 Å². The number of rotatable bonds is 3. The molecule has 78 valence electrons. The molecule has 0 heterocycles. The van der Waals surface area contributed by atoms with E-state index in [0.29, 0.717) is 5.56 Å². The molecule has 0 radical (unpaired) electrons. The molecule has 0 spiro atoms. The molecule has 0 bridgehead atoms. The smallest absolute Gasteiger partial charge is 0.341 e. The first-order chi connectivity index (χ1) is 7.00. The molecule has 1 N–H and O–H groups in total. The van der Waals surface area contributed by atoms with Crippen LogP contribution in [0.2, 0.25) is 0 Å². The van der Waals surface area contributed by atoms with Gasteiger partial charge in [-0.05, 0) is 5.56 Å². The SMILES string of the molecule is N#CC(c1ccccc1)C(Cl)(Cl)C(=O)O. The predicted octanol–water partition coefficient (Wildman–Crippen LogP) is 2.55. The lowest BCUT2D eigenvalue weighted by Gasteiger charge is -2.20. The third kappa shape index (κ3) is 2.41. The zero-order chi connectivity index (χ0) is 11.5. The number of nitriles is 1. The normalized spacial score (nSPS) is 12.9. The number of carbonyl (C=O) groups is 1. The second-order valence-electron chi connectivity index (χ2n) is 2.90. The molecule has 0 fully saturated rings. The van der Waals surface area contributed by atoms with Gasteiger partial charge in [0.15, 0.2) is 0 Å². The van der Waals surface area contributed by atoms with Gasteiger partial charge >= 0.3 is 5.97 Å². The Morgan fingerprint density at radius 2 is 1.93 bits per heavy atom. The van der Waals surface area contributed by atoms with Crippen LogP contribution in [0.5, 0.6) is 0 Å². The first-order valence-electron chi connectivity index (χ1n) is 4.06. The molecule has 0 saturated heterocycles. The van der Waals surface area contributed by atoms with Gasteiger partial charge in [-0.2, -0.15) is 5.26 Å². The van der Waals surface area contributed by atoms with Gasteiger partial charge in [0, 0.05) is 0 Å². The Balaban J connectivity index is 3.12. The molecule has 0 aliphatic rings. The molecule has 0 aliphatic carbocycles. The van der Waals surface area contributed by atoms with Crippen molar-refractivity contribution in [2.75, 3.05) is 0 Å². The molecule has 1 atom stereocenters. The molecule has 0 amide bonds. The topological polar surface area (TPSA) is 61.1 Å². The van der Waals surface area contributed by atoms with E-state index in [2.05, 4.69) is 0 Å². The first kappa shape index (κ1) is 11.8. The number of benzene rings is 1. The van der Waals surface area contributed by atoms with Crippen LogP contribution in [0.15, 0.2) is 30.3 Å². The molecule has 1 rings (SSSR count). The van der Waals surface area contributed by atoms with Gasteiger partial charge in [-0.15, -0.1) is 0 Å². The summed E-state index contributed by atoms with van der Waals surface area (Å²) in [5.41, 5.74) is 0.479. The van der Waals surface area contributed by atoms with Crippen molar-refractivity contribution in [1.29, 1.82) is 5.26 Å².